The zero-order valence-corrected chi connectivity index (χ0v) is 14.7. The van der Waals surface area contributed by atoms with Crippen molar-refractivity contribution >= 4 is 17.7 Å². The first-order chi connectivity index (χ1) is 11.1. The normalized spacial score (nSPS) is 13.9. The maximum Gasteiger partial charge on any atom is 0.252 e. The highest BCUT2D eigenvalue weighted by molar-refractivity contribution is 7.98. The number of carbonyl (C=O) groups is 1. The van der Waals surface area contributed by atoms with Crippen LogP contribution in [0.2, 0.25) is 0 Å². The summed E-state index contributed by atoms with van der Waals surface area (Å²) < 4.78 is 5.45. The van der Waals surface area contributed by atoms with Gasteiger partial charge in [-0.05, 0) is 45.4 Å². The molecular weight excluding hydrogens is 310 g/mol. The minimum absolute atomic E-state index is 0.196. The number of nitrogens with one attached hydrogen (secondary N) is 1. The Kier molecular flexibility index (Phi) is 6.43. The largest absolute Gasteiger partial charge is 0.379 e. The van der Waals surface area contributed by atoms with Gasteiger partial charge in [-0.3, -0.25) is 4.79 Å². The van der Waals surface area contributed by atoms with E-state index in [2.05, 4.69) is 16.4 Å². The number of hydrogen-bond donors (Lipinski definition) is 1. The summed E-state index contributed by atoms with van der Waals surface area (Å²) in [6.45, 7) is 5.12. The minimum Gasteiger partial charge on any atom is -0.379 e. The lowest BCUT2D eigenvalue weighted by Crippen LogP contribution is -2.27. The quantitative estimate of drug-likeness (QED) is 0.584. The lowest BCUT2D eigenvalue weighted by atomic mass is 10.1. The molecule has 0 unspecified atom stereocenters. The summed E-state index contributed by atoms with van der Waals surface area (Å²) in [5.74, 6) is 0.241. The number of nitrogens with zero attached hydrogens (tertiary/aromatic N) is 2. The van der Waals surface area contributed by atoms with Crippen molar-refractivity contribution < 1.29 is 9.53 Å². The van der Waals surface area contributed by atoms with Gasteiger partial charge in [0.05, 0.1) is 17.2 Å². The van der Waals surface area contributed by atoms with Crippen molar-refractivity contribution in [3.05, 3.63) is 22.9 Å². The average Bonchev–Trinajstić information content (AvgIpc) is 3.37. The fraction of sp³-hybridized carbons (Fsp3) is 0.588. The number of rotatable bonds is 8. The molecule has 6 heteroatoms. The van der Waals surface area contributed by atoms with E-state index in [0.29, 0.717) is 35.2 Å². The standard InChI is InChI=1S/C17H23N3O2S/c1-11(2)22-8-4-7-19-16(21)13-9-15(12-5-6-12)20-17(23-3)14(13)10-18/h9,11-12H,4-8H2,1-3H3,(H,19,21). The Morgan fingerprint density at radius 3 is 2.87 bits per heavy atom. The molecule has 0 atom stereocenters. The molecule has 1 saturated carbocycles. The summed E-state index contributed by atoms with van der Waals surface area (Å²) in [5, 5.41) is 12.9. The Hall–Kier alpha value is -1.58. The van der Waals surface area contributed by atoms with Crippen LogP contribution in [0, 0.1) is 11.3 Å². The molecule has 0 aromatic carbocycles. The maximum absolute atomic E-state index is 12.4. The third-order valence-electron chi connectivity index (χ3n) is 3.61. The van der Waals surface area contributed by atoms with Crippen molar-refractivity contribution in [1.82, 2.24) is 10.3 Å². The topological polar surface area (TPSA) is 75.0 Å². The molecule has 0 spiro atoms. The molecule has 5 nitrogen and oxygen atoms in total. The number of carbonyl (C=O) groups excluding carboxylic acids is 1. The van der Waals surface area contributed by atoms with Crippen LogP contribution in [0.15, 0.2) is 11.1 Å². The molecule has 0 aliphatic heterocycles. The first kappa shape index (κ1) is 17.8. The van der Waals surface area contributed by atoms with Gasteiger partial charge in [0.1, 0.15) is 11.1 Å². The van der Waals surface area contributed by atoms with Gasteiger partial charge in [0.2, 0.25) is 0 Å². The lowest BCUT2D eigenvalue weighted by Gasteiger charge is -2.11. The lowest BCUT2D eigenvalue weighted by molar-refractivity contribution is 0.0757. The SMILES string of the molecule is CSc1nc(C2CC2)cc(C(=O)NCCCOC(C)C)c1C#N. The van der Waals surface area contributed by atoms with Crippen LogP contribution in [0.3, 0.4) is 0 Å². The average molecular weight is 333 g/mol. The Labute approximate surface area is 141 Å². The van der Waals surface area contributed by atoms with Crippen molar-refractivity contribution in [2.45, 2.75) is 50.2 Å². The molecule has 1 amide bonds. The Bertz CT molecular complexity index is 607. The third-order valence-corrected chi connectivity index (χ3v) is 4.29. The highest BCUT2D eigenvalue weighted by Gasteiger charge is 2.28. The van der Waals surface area contributed by atoms with Crippen LogP contribution in [0.25, 0.3) is 0 Å². The first-order valence-corrected chi connectivity index (χ1v) is 9.18. The molecule has 1 fully saturated rings. The highest BCUT2D eigenvalue weighted by Crippen LogP contribution is 2.40. The fourth-order valence-electron chi connectivity index (χ4n) is 2.25. The molecule has 0 radical (unpaired) electrons. The van der Waals surface area contributed by atoms with Crippen LogP contribution in [0.5, 0.6) is 0 Å². The summed E-state index contributed by atoms with van der Waals surface area (Å²) >= 11 is 1.41. The van der Waals surface area contributed by atoms with E-state index in [-0.39, 0.29) is 12.0 Å². The van der Waals surface area contributed by atoms with E-state index in [0.717, 1.165) is 25.0 Å². The van der Waals surface area contributed by atoms with Gasteiger partial charge in [0, 0.05) is 24.8 Å². The van der Waals surface area contributed by atoms with Gasteiger partial charge in [0.15, 0.2) is 0 Å². The minimum atomic E-state index is -0.203. The van der Waals surface area contributed by atoms with Gasteiger partial charge in [-0.1, -0.05) is 0 Å². The van der Waals surface area contributed by atoms with Gasteiger partial charge < -0.3 is 10.1 Å². The number of hydrogen-bond acceptors (Lipinski definition) is 5. The summed E-state index contributed by atoms with van der Waals surface area (Å²) in [6.07, 6.45) is 5.05. The van der Waals surface area contributed by atoms with Gasteiger partial charge in [-0.2, -0.15) is 5.26 Å². The van der Waals surface area contributed by atoms with Crippen molar-refractivity contribution in [3.8, 4) is 6.07 Å². The van der Waals surface area contributed by atoms with Crippen LogP contribution in [0.1, 0.15) is 60.6 Å². The molecule has 23 heavy (non-hydrogen) atoms. The number of aromatic nitrogens is 1. The predicted octanol–water partition coefficient (Wildman–Crippen LogP) is 3.10. The second-order valence-electron chi connectivity index (χ2n) is 5.89. The van der Waals surface area contributed by atoms with E-state index in [9.17, 15) is 10.1 Å². The summed E-state index contributed by atoms with van der Waals surface area (Å²) in [5.41, 5.74) is 1.75. The summed E-state index contributed by atoms with van der Waals surface area (Å²) in [4.78, 5) is 17.0. The van der Waals surface area contributed by atoms with E-state index < -0.39 is 0 Å². The summed E-state index contributed by atoms with van der Waals surface area (Å²) in [7, 11) is 0. The number of nitriles is 1. The van der Waals surface area contributed by atoms with Crippen molar-refractivity contribution in [3.63, 3.8) is 0 Å². The zero-order chi connectivity index (χ0) is 16.8. The molecule has 1 aliphatic carbocycles. The molecule has 2 rings (SSSR count). The molecule has 1 heterocycles. The van der Waals surface area contributed by atoms with E-state index >= 15 is 0 Å². The first-order valence-electron chi connectivity index (χ1n) is 7.95. The number of ether oxygens (including phenoxy) is 1. The molecule has 124 valence electrons. The number of pyridine rings is 1. The molecule has 1 aromatic heterocycles. The maximum atomic E-state index is 12.4. The van der Waals surface area contributed by atoms with Crippen molar-refractivity contribution in [1.29, 1.82) is 5.26 Å². The van der Waals surface area contributed by atoms with Crippen LogP contribution in [-0.4, -0.2) is 36.4 Å². The number of thioether (sulfide) groups is 1. The molecule has 0 saturated heterocycles. The highest BCUT2D eigenvalue weighted by atomic mass is 32.2. The summed E-state index contributed by atoms with van der Waals surface area (Å²) in [6, 6.07) is 3.92. The monoisotopic (exact) mass is 333 g/mol. The van der Waals surface area contributed by atoms with Gasteiger partial charge in [-0.25, -0.2) is 4.98 Å². The van der Waals surface area contributed by atoms with E-state index in [4.69, 9.17) is 4.74 Å². The van der Waals surface area contributed by atoms with Gasteiger partial charge >= 0.3 is 0 Å². The number of amides is 1. The van der Waals surface area contributed by atoms with Crippen LogP contribution < -0.4 is 5.32 Å². The molecule has 1 N–H and O–H groups in total. The van der Waals surface area contributed by atoms with E-state index in [1.807, 2.05) is 20.1 Å². The van der Waals surface area contributed by atoms with Crippen molar-refractivity contribution in [2.75, 3.05) is 19.4 Å². The van der Waals surface area contributed by atoms with E-state index in [1.165, 1.54) is 11.8 Å². The fourth-order valence-corrected chi connectivity index (χ4v) is 2.81. The Morgan fingerprint density at radius 1 is 1.57 bits per heavy atom. The Morgan fingerprint density at radius 2 is 2.30 bits per heavy atom. The Balaban J connectivity index is 2.06. The third kappa shape index (κ3) is 4.95. The molecular formula is C17H23N3O2S. The predicted molar refractivity (Wildman–Crippen MR) is 90.7 cm³/mol. The van der Waals surface area contributed by atoms with Gasteiger partial charge in [0.25, 0.3) is 5.91 Å². The van der Waals surface area contributed by atoms with Crippen LogP contribution in [-0.2, 0) is 4.74 Å². The molecule has 1 aliphatic rings. The van der Waals surface area contributed by atoms with Crippen LogP contribution >= 0.6 is 11.8 Å². The zero-order valence-electron chi connectivity index (χ0n) is 13.9. The van der Waals surface area contributed by atoms with Gasteiger partial charge in [-0.15, -0.1) is 11.8 Å². The second-order valence-corrected chi connectivity index (χ2v) is 6.69. The van der Waals surface area contributed by atoms with Crippen LogP contribution in [0.4, 0.5) is 0 Å². The molecule has 0 bridgehead atoms. The smallest absolute Gasteiger partial charge is 0.252 e. The van der Waals surface area contributed by atoms with E-state index in [1.54, 1.807) is 6.07 Å². The second kappa shape index (κ2) is 8.32. The van der Waals surface area contributed by atoms with Crippen molar-refractivity contribution in [2.24, 2.45) is 0 Å². The molecule has 1 aromatic rings.